The molecule has 2 aromatic carbocycles. The van der Waals surface area contributed by atoms with E-state index in [1.807, 2.05) is 48.5 Å². The smallest absolute Gasteiger partial charge is 0.255 e. The maximum absolute atomic E-state index is 12.8. The molecular weight excluding hydrogens is 390 g/mol. The van der Waals surface area contributed by atoms with Crippen molar-refractivity contribution in [3.8, 4) is 11.6 Å². The van der Waals surface area contributed by atoms with Gasteiger partial charge in [0.15, 0.2) is 11.3 Å². The Hall–Kier alpha value is -4.00. The summed E-state index contributed by atoms with van der Waals surface area (Å²) in [7, 11) is 0. The minimum absolute atomic E-state index is 0.198. The lowest BCUT2D eigenvalue weighted by Crippen LogP contribution is -2.11. The Morgan fingerprint density at radius 2 is 2.00 bits per heavy atom. The molecule has 2 aromatic heterocycles. The number of fused-ring (bicyclic) bond motifs is 1. The molecule has 0 fully saturated rings. The van der Waals surface area contributed by atoms with Crippen molar-refractivity contribution in [2.45, 2.75) is 25.7 Å². The van der Waals surface area contributed by atoms with Crippen LogP contribution in [0.1, 0.15) is 35.2 Å². The number of amides is 1. The van der Waals surface area contributed by atoms with Gasteiger partial charge in [0.1, 0.15) is 0 Å². The minimum Gasteiger partial charge on any atom is -0.450 e. The molecule has 7 heteroatoms. The highest BCUT2D eigenvalue weighted by Gasteiger charge is 2.15. The normalized spacial score (nSPS) is 11.2. The van der Waals surface area contributed by atoms with Gasteiger partial charge in [-0.2, -0.15) is 5.21 Å². The summed E-state index contributed by atoms with van der Waals surface area (Å²) in [5, 5.41) is 17.6. The number of rotatable bonds is 9. The molecule has 0 atom stereocenters. The van der Waals surface area contributed by atoms with Crippen molar-refractivity contribution in [1.29, 1.82) is 0 Å². The fourth-order valence-corrected chi connectivity index (χ4v) is 3.24. The number of anilines is 1. The topological polar surface area (TPSA) is 96.7 Å². The van der Waals surface area contributed by atoms with E-state index >= 15 is 0 Å². The van der Waals surface area contributed by atoms with E-state index in [2.05, 4.69) is 44.7 Å². The Balaban J connectivity index is 1.42. The number of unbranched alkanes of at least 4 members (excludes halogenated alkanes) is 2. The first-order valence-corrected chi connectivity index (χ1v) is 10.2. The van der Waals surface area contributed by atoms with Crippen molar-refractivity contribution in [2.24, 2.45) is 0 Å². The molecule has 0 radical (unpaired) electrons. The maximum Gasteiger partial charge on any atom is 0.255 e. The van der Waals surface area contributed by atoms with E-state index in [0.717, 1.165) is 36.6 Å². The van der Waals surface area contributed by atoms with E-state index in [1.165, 1.54) is 0 Å². The summed E-state index contributed by atoms with van der Waals surface area (Å²) in [5.41, 5.74) is 2.90. The molecule has 1 amide bonds. The highest BCUT2D eigenvalue weighted by atomic mass is 16.3. The van der Waals surface area contributed by atoms with Crippen molar-refractivity contribution in [3.63, 3.8) is 0 Å². The number of hydrogen-bond donors (Lipinski definition) is 2. The number of aromatic amines is 1. The van der Waals surface area contributed by atoms with Gasteiger partial charge in [-0.1, -0.05) is 42.5 Å². The van der Waals surface area contributed by atoms with Gasteiger partial charge >= 0.3 is 0 Å². The van der Waals surface area contributed by atoms with E-state index in [1.54, 1.807) is 6.07 Å². The molecule has 0 unspecified atom stereocenters. The number of tetrazole rings is 1. The van der Waals surface area contributed by atoms with Crippen molar-refractivity contribution < 1.29 is 9.21 Å². The number of para-hydroxylation sites is 1. The van der Waals surface area contributed by atoms with Crippen molar-refractivity contribution >= 4 is 22.6 Å². The molecule has 0 saturated heterocycles. The van der Waals surface area contributed by atoms with Gasteiger partial charge in [-0.15, -0.1) is 16.8 Å². The van der Waals surface area contributed by atoms with E-state index in [9.17, 15) is 4.79 Å². The van der Waals surface area contributed by atoms with Gasteiger partial charge in [-0.05, 0) is 60.7 Å². The minimum atomic E-state index is -0.198. The standard InChI is InChI=1S/C24H23N5O2/c1-2-3-4-5-6-7-9-17-12-14-18(15-13-17)24(30)25-20-11-8-10-19-16-21(31-22(19)20)23-26-28-29-27-23/h2,6-8,10-16H,1,3-5,9H2,(H,25,30)(H,26,27,28,29). The zero-order chi connectivity index (χ0) is 21.5. The Kier molecular flexibility index (Phi) is 6.32. The summed E-state index contributed by atoms with van der Waals surface area (Å²) in [6, 6.07) is 15.0. The Morgan fingerprint density at radius 1 is 1.13 bits per heavy atom. The van der Waals surface area contributed by atoms with Crippen LogP contribution in [0.15, 0.2) is 77.8 Å². The van der Waals surface area contributed by atoms with E-state index < -0.39 is 0 Å². The predicted molar refractivity (Wildman–Crippen MR) is 121 cm³/mol. The third kappa shape index (κ3) is 4.95. The lowest BCUT2D eigenvalue weighted by atomic mass is 10.1. The van der Waals surface area contributed by atoms with Gasteiger partial charge in [0.05, 0.1) is 5.69 Å². The fourth-order valence-electron chi connectivity index (χ4n) is 3.24. The molecule has 0 saturated carbocycles. The Labute approximate surface area is 179 Å². The van der Waals surface area contributed by atoms with Crippen LogP contribution >= 0.6 is 0 Å². The zero-order valence-electron chi connectivity index (χ0n) is 17.0. The number of aromatic nitrogens is 4. The van der Waals surface area contributed by atoms with Crippen LogP contribution in [0.5, 0.6) is 0 Å². The molecule has 31 heavy (non-hydrogen) atoms. The van der Waals surface area contributed by atoms with Crippen LogP contribution in [0.2, 0.25) is 0 Å². The van der Waals surface area contributed by atoms with Crippen LogP contribution in [0, 0.1) is 0 Å². The number of H-pyrrole nitrogens is 1. The molecule has 0 aliphatic carbocycles. The van der Waals surface area contributed by atoms with Gasteiger partial charge in [0.2, 0.25) is 5.82 Å². The van der Waals surface area contributed by atoms with Gasteiger partial charge < -0.3 is 9.73 Å². The highest BCUT2D eigenvalue weighted by Crippen LogP contribution is 2.30. The summed E-state index contributed by atoms with van der Waals surface area (Å²) in [5.74, 6) is 0.641. The Bertz CT molecular complexity index is 1190. The maximum atomic E-state index is 12.8. The van der Waals surface area contributed by atoms with Crippen LogP contribution in [-0.2, 0) is 6.42 Å². The molecule has 4 aromatic rings. The molecule has 0 aliphatic rings. The number of furan rings is 1. The second-order valence-corrected chi connectivity index (χ2v) is 7.12. The highest BCUT2D eigenvalue weighted by molar-refractivity contribution is 6.08. The quantitative estimate of drug-likeness (QED) is 0.286. The molecular formula is C24H23N5O2. The first kappa shape index (κ1) is 20.3. The third-order valence-corrected chi connectivity index (χ3v) is 4.87. The van der Waals surface area contributed by atoms with Crippen LogP contribution in [0.3, 0.4) is 0 Å². The lowest BCUT2D eigenvalue weighted by molar-refractivity contribution is 0.102. The van der Waals surface area contributed by atoms with Crippen molar-refractivity contribution in [2.75, 3.05) is 5.32 Å². The SMILES string of the molecule is C=CCCCC=CCc1ccc(C(=O)Nc2cccc3cc(-c4nn[nH]n4)oc23)cc1. The largest absolute Gasteiger partial charge is 0.450 e. The average Bonchev–Trinajstić information content (AvgIpc) is 3.47. The number of nitrogens with one attached hydrogen (secondary N) is 2. The second kappa shape index (κ2) is 9.67. The first-order valence-electron chi connectivity index (χ1n) is 10.2. The van der Waals surface area contributed by atoms with E-state index in [0.29, 0.717) is 28.4 Å². The van der Waals surface area contributed by atoms with Gasteiger partial charge in [0.25, 0.3) is 5.91 Å². The van der Waals surface area contributed by atoms with Crippen LogP contribution < -0.4 is 5.32 Å². The van der Waals surface area contributed by atoms with Gasteiger partial charge in [0, 0.05) is 10.9 Å². The van der Waals surface area contributed by atoms with Crippen LogP contribution in [0.4, 0.5) is 5.69 Å². The third-order valence-electron chi connectivity index (χ3n) is 4.87. The number of carbonyl (C=O) groups is 1. The van der Waals surface area contributed by atoms with Crippen LogP contribution in [0.25, 0.3) is 22.6 Å². The zero-order valence-corrected chi connectivity index (χ0v) is 17.0. The average molecular weight is 413 g/mol. The Morgan fingerprint density at radius 3 is 2.77 bits per heavy atom. The van der Waals surface area contributed by atoms with Gasteiger partial charge in [-0.25, -0.2) is 0 Å². The molecule has 7 nitrogen and oxygen atoms in total. The number of carbonyl (C=O) groups excluding carboxylic acids is 1. The number of nitrogens with zero attached hydrogens (tertiary/aromatic N) is 3. The monoisotopic (exact) mass is 413 g/mol. The van der Waals surface area contributed by atoms with Crippen LogP contribution in [-0.4, -0.2) is 26.5 Å². The van der Waals surface area contributed by atoms with Crippen molar-refractivity contribution in [1.82, 2.24) is 20.6 Å². The summed E-state index contributed by atoms with van der Waals surface area (Å²) >= 11 is 0. The predicted octanol–water partition coefficient (Wildman–Crippen LogP) is 5.32. The summed E-state index contributed by atoms with van der Waals surface area (Å²) in [6.45, 7) is 3.73. The fraction of sp³-hybridized carbons (Fsp3) is 0.167. The molecule has 2 N–H and O–H groups in total. The molecule has 0 aliphatic heterocycles. The molecule has 156 valence electrons. The number of hydrogen-bond acceptors (Lipinski definition) is 5. The van der Waals surface area contributed by atoms with Crippen molar-refractivity contribution in [3.05, 3.63) is 84.5 Å². The van der Waals surface area contributed by atoms with E-state index in [-0.39, 0.29) is 5.91 Å². The second-order valence-electron chi connectivity index (χ2n) is 7.12. The van der Waals surface area contributed by atoms with E-state index in [4.69, 9.17) is 4.42 Å². The molecule has 2 heterocycles. The lowest BCUT2D eigenvalue weighted by Gasteiger charge is -2.06. The summed E-state index contributed by atoms with van der Waals surface area (Å²) in [4.78, 5) is 12.8. The number of benzene rings is 2. The summed E-state index contributed by atoms with van der Waals surface area (Å²) < 4.78 is 5.87. The first-order chi connectivity index (χ1) is 15.2. The molecule has 0 bridgehead atoms. The molecule has 0 spiro atoms. The number of allylic oxidation sites excluding steroid dienone is 3. The molecule has 4 rings (SSSR count). The summed E-state index contributed by atoms with van der Waals surface area (Å²) in [6.07, 6.45) is 10.4. The van der Waals surface area contributed by atoms with Gasteiger partial charge in [-0.3, -0.25) is 4.79 Å².